The molecule has 3 heterocycles. The molecule has 3 atom stereocenters. The lowest BCUT2D eigenvalue weighted by Crippen LogP contribution is -2.54. The average molecular weight is 209 g/mol. The molecule has 3 aliphatic heterocycles. The fourth-order valence-corrected chi connectivity index (χ4v) is 3.51. The van der Waals surface area contributed by atoms with E-state index >= 15 is 0 Å². The first-order chi connectivity index (χ1) is 7.31. The summed E-state index contributed by atoms with van der Waals surface area (Å²) in [6.07, 6.45) is 5.66. The SMILES string of the molecule is CN1CCN(C2C[C@H]3CC[C@@H](C2)N3)CC1. The van der Waals surface area contributed by atoms with Crippen LogP contribution in [0.4, 0.5) is 0 Å². The Balaban J connectivity index is 1.58. The third kappa shape index (κ3) is 2.05. The monoisotopic (exact) mass is 209 g/mol. The number of piperidine rings is 1. The Morgan fingerprint density at radius 2 is 1.53 bits per heavy atom. The summed E-state index contributed by atoms with van der Waals surface area (Å²) >= 11 is 0. The molecule has 0 amide bonds. The summed E-state index contributed by atoms with van der Waals surface area (Å²) in [5.41, 5.74) is 0. The minimum absolute atomic E-state index is 0.841. The number of nitrogens with one attached hydrogen (secondary N) is 1. The van der Waals surface area contributed by atoms with Gasteiger partial charge < -0.3 is 10.2 Å². The van der Waals surface area contributed by atoms with Crippen LogP contribution in [-0.2, 0) is 0 Å². The normalized spacial score (nSPS) is 43.4. The summed E-state index contributed by atoms with van der Waals surface area (Å²) in [6.45, 7) is 5.11. The molecular formula is C12H23N3. The highest BCUT2D eigenvalue weighted by Gasteiger charge is 2.36. The molecule has 3 rings (SSSR count). The van der Waals surface area contributed by atoms with Crippen LogP contribution in [0.2, 0.25) is 0 Å². The van der Waals surface area contributed by atoms with Crippen LogP contribution in [0.5, 0.6) is 0 Å². The van der Waals surface area contributed by atoms with Crippen molar-refractivity contribution in [1.82, 2.24) is 15.1 Å². The van der Waals surface area contributed by atoms with E-state index in [0.717, 1.165) is 18.1 Å². The van der Waals surface area contributed by atoms with E-state index in [1.165, 1.54) is 51.9 Å². The Bertz CT molecular complexity index is 211. The van der Waals surface area contributed by atoms with Crippen molar-refractivity contribution >= 4 is 0 Å². The molecule has 3 fully saturated rings. The summed E-state index contributed by atoms with van der Waals surface area (Å²) in [7, 11) is 2.24. The van der Waals surface area contributed by atoms with E-state index < -0.39 is 0 Å². The largest absolute Gasteiger partial charge is 0.311 e. The van der Waals surface area contributed by atoms with Crippen molar-refractivity contribution in [2.75, 3.05) is 33.2 Å². The number of hydrogen-bond acceptors (Lipinski definition) is 3. The van der Waals surface area contributed by atoms with E-state index in [1.807, 2.05) is 0 Å². The molecule has 1 unspecified atom stereocenters. The lowest BCUT2D eigenvalue weighted by atomic mass is 9.97. The van der Waals surface area contributed by atoms with Gasteiger partial charge in [-0.25, -0.2) is 0 Å². The van der Waals surface area contributed by atoms with Gasteiger partial charge in [-0.1, -0.05) is 0 Å². The van der Waals surface area contributed by atoms with Gasteiger partial charge in [0.05, 0.1) is 0 Å². The summed E-state index contributed by atoms with van der Waals surface area (Å²) in [4.78, 5) is 5.19. The second kappa shape index (κ2) is 4.04. The van der Waals surface area contributed by atoms with Crippen molar-refractivity contribution < 1.29 is 0 Å². The van der Waals surface area contributed by atoms with Gasteiger partial charge in [0, 0.05) is 44.3 Å². The Labute approximate surface area is 92.8 Å². The van der Waals surface area contributed by atoms with Gasteiger partial charge in [-0.2, -0.15) is 0 Å². The fraction of sp³-hybridized carbons (Fsp3) is 1.00. The summed E-state index contributed by atoms with van der Waals surface area (Å²) < 4.78 is 0. The van der Waals surface area contributed by atoms with E-state index in [2.05, 4.69) is 22.2 Å². The van der Waals surface area contributed by atoms with Crippen LogP contribution in [0.1, 0.15) is 25.7 Å². The van der Waals surface area contributed by atoms with Crippen molar-refractivity contribution in [1.29, 1.82) is 0 Å². The average Bonchev–Trinajstić information content (AvgIpc) is 2.59. The molecule has 3 saturated heterocycles. The van der Waals surface area contributed by atoms with Gasteiger partial charge in [0.25, 0.3) is 0 Å². The molecular weight excluding hydrogens is 186 g/mol. The Kier molecular flexibility index (Phi) is 2.71. The predicted octanol–water partition coefficient (Wildman–Crippen LogP) is 0.517. The van der Waals surface area contributed by atoms with Crippen LogP contribution < -0.4 is 5.32 Å². The fourth-order valence-electron chi connectivity index (χ4n) is 3.51. The smallest absolute Gasteiger partial charge is 0.0126 e. The number of piperazine rings is 1. The summed E-state index contributed by atoms with van der Waals surface area (Å²) in [5, 5.41) is 3.73. The zero-order valence-electron chi connectivity index (χ0n) is 9.78. The van der Waals surface area contributed by atoms with Crippen molar-refractivity contribution in [2.24, 2.45) is 0 Å². The van der Waals surface area contributed by atoms with Crippen molar-refractivity contribution in [3.8, 4) is 0 Å². The maximum Gasteiger partial charge on any atom is 0.0126 e. The molecule has 3 aliphatic rings. The quantitative estimate of drug-likeness (QED) is 0.679. The highest BCUT2D eigenvalue weighted by molar-refractivity contribution is 4.96. The molecule has 2 bridgehead atoms. The maximum atomic E-state index is 3.73. The molecule has 0 spiro atoms. The third-order valence-electron chi connectivity index (χ3n) is 4.50. The molecule has 86 valence electrons. The second-order valence-corrected chi connectivity index (χ2v) is 5.60. The van der Waals surface area contributed by atoms with Gasteiger partial charge >= 0.3 is 0 Å². The Morgan fingerprint density at radius 3 is 2.13 bits per heavy atom. The molecule has 0 saturated carbocycles. The first-order valence-electron chi connectivity index (χ1n) is 6.50. The molecule has 15 heavy (non-hydrogen) atoms. The lowest BCUT2D eigenvalue weighted by molar-refractivity contribution is 0.0837. The van der Waals surface area contributed by atoms with Gasteiger partial charge in [-0.15, -0.1) is 0 Å². The van der Waals surface area contributed by atoms with E-state index in [9.17, 15) is 0 Å². The molecule has 0 aromatic carbocycles. The van der Waals surface area contributed by atoms with Crippen LogP contribution in [0.3, 0.4) is 0 Å². The first kappa shape index (κ1) is 10.1. The minimum Gasteiger partial charge on any atom is -0.311 e. The summed E-state index contributed by atoms with van der Waals surface area (Å²) in [5.74, 6) is 0. The molecule has 3 heteroatoms. The van der Waals surface area contributed by atoms with E-state index in [1.54, 1.807) is 0 Å². The van der Waals surface area contributed by atoms with Crippen LogP contribution in [-0.4, -0.2) is 61.2 Å². The number of nitrogens with zero attached hydrogens (tertiary/aromatic N) is 2. The van der Waals surface area contributed by atoms with Gasteiger partial charge in [-0.05, 0) is 32.7 Å². The highest BCUT2D eigenvalue weighted by atomic mass is 15.3. The second-order valence-electron chi connectivity index (χ2n) is 5.60. The van der Waals surface area contributed by atoms with Crippen molar-refractivity contribution in [2.45, 2.75) is 43.8 Å². The van der Waals surface area contributed by atoms with Crippen LogP contribution in [0.15, 0.2) is 0 Å². The molecule has 0 aromatic heterocycles. The molecule has 0 aromatic rings. The lowest BCUT2D eigenvalue weighted by Gasteiger charge is -2.41. The van der Waals surface area contributed by atoms with E-state index in [0.29, 0.717) is 0 Å². The molecule has 1 N–H and O–H groups in total. The van der Waals surface area contributed by atoms with Crippen LogP contribution >= 0.6 is 0 Å². The van der Waals surface area contributed by atoms with Gasteiger partial charge in [0.15, 0.2) is 0 Å². The molecule has 0 aliphatic carbocycles. The van der Waals surface area contributed by atoms with E-state index in [4.69, 9.17) is 0 Å². The van der Waals surface area contributed by atoms with E-state index in [-0.39, 0.29) is 0 Å². The first-order valence-corrected chi connectivity index (χ1v) is 6.50. The Hall–Kier alpha value is -0.120. The number of hydrogen-bond donors (Lipinski definition) is 1. The van der Waals surface area contributed by atoms with Gasteiger partial charge in [-0.3, -0.25) is 4.90 Å². The van der Waals surface area contributed by atoms with Gasteiger partial charge in [0.1, 0.15) is 0 Å². The number of rotatable bonds is 1. The topological polar surface area (TPSA) is 18.5 Å². The Morgan fingerprint density at radius 1 is 0.933 bits per heavy atom. The number of fused-ring (bicyclic) bond motifs is 2. The van der Waals surface area contributed by atoms with Crippen LogP contribution in [0, 0.1) is 0 Å². The highest BCUT2D eigenvalue weighted by Crippen LogP contribution is 2.29. The molecule has 0 radical (unpaired) electrons. The number of likely N-dealkylation sites (N-methyl/N-ethyl adjacent to an activating group) is 1. The molecule has 3 nitrogen and oxygen atoms in total. The standard InChI is InChI=1S/C12H23N3/c1-14-4-6-15(7-5-14)12-8-10-2-3-11(9-12)13-10/h10-13H,2-9H2,1H3/t10-,11+,12?. The van der Waals surface area contributed by atoms with Crippen LogP contribution in [0.25, 0.3) is 0 Å². The zero-order valence-corrected chi connectivity index (χ0v) is 9.78. The van der Waals surface area contributed by atoms with Crippen molar-refractivity contribution in [3.63, 3.8) is 0 Å². The minimum atomic E-state index is 0.841. The zero-order chi connectivity index (χ0) is 10.3. The van der Waals surface area contributed by atoms with Crippen molar-refractivity contribution in [3.05, 3.63) is 0 Å². The maximum absolute atomic E-state index is 3.73. The summed E-state index contributed by atoms with van der Waals surface area (Å²) in [6, 6.07) is 2.57. The predicted molar refractivity (Wildman–Crippen MR) is 62.0 cm³/mol. The third-order valence-corrected chi connectivity index (χ3v) is 4.50. The van der Waals surface area contributed by atoms with Gasteiger partial charge in [0.2, 0.25) is 0 Å².